The molecule has 3 aromatic rings. The minimum atomic E-state index is -0.200. The number of piperidine rings is 1. The third-order valence-electron chi connectivity index (χ3n) is 5.58. The second-order valence-corrected chi connectivity index (χ2v) is 7.45. The highest BCUT2D eigenvalue weighted by atomic mass is 16.2. The predicted octanol–water partition coefficient (Wildman–Crippen LogP) is 2.38. The molecule has 0 bridgehead atoms. The van der Waals surface area contributed by atoms with Gasteiger partial charge in [0.1, 0.15) is 11.2 Å². The van der Waals surface area contributed by atoms with Crippen LogP contribution in [0.3, 0.4) is 0 Å². The van der Waals surface area contributed by atoms with Gasteiger partial charge < -0.3 is 15.2 Å². The Morgan fingerprint density at radius 2 is 1.93 bits per heavy atom. The molecule has 0 atom stereocenters. The van der Waals surface area contributed by atoms with Gasteiger partial charge in [-0.25, -0.2) is 4.52 Å². The maximum atomic E-state index is 13.3. The minimum absolute atomic E-state index is 0.181. The average Bonchev–Trinajstić information content (AvgIpc) is 3.03. The molecule has 4 rings (SSSR count). The number of amides is 1. The van der Waals surface area contributed by atoms with Crippen LogP contribution in [-0.2, 0) is 0 Å². The first-order chi connectivity index (χ1) is 13.5. The number of benzene rings is 1. The number of fused-ring (bicyclic) bond motifs is 1. The van der Waals surface area contributed by atoms with Crippen molar-refractivity contribution in [1.82, 2.24) is 19.9 Å². The Bertz CT molecular complexity index is 1090. The Morgan fingerprint density at radius 3 is 2.64 bits per heavy atom. The number of aromatic nitrogens is 3. The van der Waals surface area contributed by atoms with E-state index in [2.05, 4.69) is 15.4 Å². The molecule has 0 radical (unpaired) electrons. The number of rotatable bonds is 3. The molecule has 146 valence electrons. The van der Waals surface area contributed by atoms with Gasteiger partial charge >= 0.3 is 0 Å². The first-order valence-electron chi connectivity index (χ1n) is 9.64. The maximum absolute atomic E-state index is 13.3. The van der Waals surface area contributed by atoms with Crippen molar-refractivity contribution in [3.05, 3.63) is 63.2 Å². The molecular weight excluding hydrogens is 354 g/mol. The zero-order chi connectivity index (χ0) is 19.8. The summed E-state index contributed by atoms with van der Waals surface area (Å²) in [5, 5.41) is 7.97. The summed E-state index contributed by atoms with van der Waals surface area (Å²) < 4.78 is 1.76. The molecule has 1 aliphatic heterocycles. The van der Waals surface area contributed by atoms with Gasteiger partial charge in [-0.3, -0.25) is 9.59 Å². The summed E-state index contributed by atoms with van der Waals surface area (Å²) in [7, 11) is 1.75. The molecule has 0 saturated carbocycles. The molecule has 3 heterocycles. The van der Waals surface area contributed by atoms with Gasteiger partial charge in [-0.1, -0.05) is 18.2 Å². The molecular formula is C21H25N5O2. The molecule has 2 N–H and O–H groups in total. The number of anilines is 1. The van der Waals surface area contributed by atoms with Crippen molar-refractivity contribution in [2.45, 2.75) is 32.6 Å². The molecule has 2 aromatic heterocycles. The highest BCUT2D eigenvalue weighted by molar-refractivity contribution is 6.10. The third kappa shape index (κ3) is 3.11. The average molecular weight is 379 g/mol. The van der Waals surface area contributed by atoms with Gasteiger partial charge in [0.25, 0.3) is 11.5 Å². The van der Waals surface area contributed by atoms with Crippen molar-refractivity contribution in [1.29, 1.82) is 0 Å². The van der Waals surface area contributed by atoms with E-state index in [4.69, 9.17) is 0 Å². The van der Waals surface area contributed by atoms with E-state index in [1.54, 1.807) is 22.5 Å². The molecule has 1 aromatic carbocycles. The summed E-state index contributed by atoms with van der Waals surface area (Å²) in [5.74, 6) is 0.0716. The summed E-state index contributed by atoms with van der Waals surface area (Å²) in [4.78, 5) is 30.2. The summed E-state index contributed by atoms with van der Waals surface area (Å²) >= 11 is 0. The van der Waals surface area contributed by atoms with Gasteiger partial charge in [-0.15, -0.1) is 0 Å². The van der Waals surface area contributed by atoms with E-state index in [0.717, 1.165) is 42.9 Å². The highest BCUT2D eigenvalue weighted by Crippen LogP contribution is 2.27. The fourth-order valence-corrected chi connectivity index (χ4v) is 4.06. The molecule has 0 aliphatic carbocycles. The van der Waals surface area contributed by atoms with Gasteiger partial charge in [-0.05, 0) is 51.4 Å². The quantitative estimate of drug-likeness (QED) is 0.732. The van der Waals surface area contributed by atoms with E-state index in [1.165, 1.54) is 0 Å². The predicted molar refractivity (Wildman–Crippen MR) is 109 cm³/mol. The Balaban J connectivity index is 1.83. The number of carbonyl (C=O) groups is 1. The number of hydrogen-bond acceptors (Lipinski definition) is 4. The normalized spacial score (nSPS) is 15.1. The van der Waals surface area contributed by atoms with Crippen LogP contribution in [0.1, 0.15) is 46.1 Å². The van der Waals surface area contributed by atoms with Gasteiger partial charge in [-0.2, -0.15) is 5.10 Å². The third-order valence-corrected chi connectivity index (χ3v) is 5.58. The Hall–Kier alpha value is -2.93. The smallest absolute Gasteiger partial charge is 0.263 e. The molecule has 1 fully saturated rings. The number of H-pyrrole nitrogens is 1. The monoisotopic (exact) mass is 379 g/mol. The van der Waals surface area contributed by atoms with Crippen LogP contribution in [0.5, 0.6) is 0 Å². The lowest BCUT2D eigenvalue weighted by atomic mass is 9.94. The van der Waals surface area contributed by atoms with E-state index in [1.807, 2.05) is 38.1 Å². The van der Waals surface area contributed by atoms with E-state index in [0.29, 0.717) is 16.9 Å². The lowest BCUT2D eigenvalue weighted by Crippen LogP contribution is -2.29. The largest absolute Gasteiger partial charge is 0.317 e. The summed E-state index contributed by atoms with van der Waals surface area (Å²) in [6.07, 6.45) is 1.90. The maximum Gasteiger partial charge on any atom is 0.263 e. The summed E-state index contributed by atoms with van der Waals surface area (Å²) in [5.41, 5.74) is 4.05. The number of carbonyl (C=O) groups excluding carboxylic acids is 1. The second-order valence-electron chi connectivity index (χ2n) is 7.45. The molecule has 7 nitrogen and oxygen atoms in total. The fourth-order valence-electron chi connectivity index (χ4n) is 4.06. The van der Waals surface area contributed by atoms with E-state index in [-0.39, 0.29) is 17.4 Å². The minimum Gasteiger partial charge on any atom is -0.317 e. The van der Waals surface area contributed by atoms with E-state index < -0.39 is 0 Å². The van der Waals surface area contributed by atoms with Crippen LogP contribution in [0.15, 0.2) is 35.1 Å². The van der Waals surface area contributed by atoms with Gasteiger partial charge in [0.15, 0.2) is 0 Å². The van der Waals surface area contributed by atoms with Crippen LogP contribution >= 0.6 is 0 Å². The molecule has 28 heavy (non-hydrogen) atoms. The van der Waals surface area contributed by atoms with Crippen LogP contribution in [0.4, 0.5) is 5.69 Å². The Labute approximate surface area is 163 Å². The number of hydrogen-bond donors (Lipinski definition) is 2. The van der Waals surface area contributed by atoms with Crippen LogP contribution in [0.25, 0.3) is 5.65 Å². The van der Waals surface area contributed by atoms with Crippen molar-refractivity contribution in [3.8, 4) is 0 Å². The zero-order valence-electron chi connectivity index (χ0n) is 16.5. The fraction of sp³-hybridized carbons (Fsp3) is 0.381. The van der Waals surface area contributed by atoms with Crippen LogP contribution in [-0.4, -0.2) is 40.6 Å². The van der Waals surface area contributed by atoms with Gasteiger partial charge in [0, 0.05) is 24.7 Å². The van der Waals surface area contributed by atoms with Crippen LogP contribution < -0.4 is 15.8 Å². The molecule has 1 aliphatic rings. The number of aromatic amines is 1. The van der Waals surface area contributed by atoms with Gasteiger partial charge in [0.05, 0.1) is 11.4 Å². The van der Waals surface area contributed by atoms with Crippen molar-refractivity contribution in [2.24, 2.45) is 0 Å². The lowest BCUT2D eigenvalue weighted by Gasteiger charge is -2.23. The molecule has 1 amide bonds. The van der Waals surface area contributed by atoms with Crippen molar-refractivity contribution < 1.29 is 4.79 Å². The second kappa shape index (κ2) is 7.24. The first-order valence-corrected chi connectivity index (χ1v) is 9.64. The van der Waals surface area contributed by atoms with E-state index in [9.17, 15) is 9.59 Å². The Kier molecular flexibility index (Phi) is 4.77. The first kappa shape index (κ1) is 18.4. The standard InChI is InChI=1S/C21H25N5O2/c1-13-6-4-5-7-16(13)25(3)21(28)19-14(2)24-26-17(12-18(27)23-20(19)26)15-8-10-22-11-9-15/h4-7,12,15,22H,8-11H2,1-3H3,(H,23,27). The van der Waals surface area contributed by atoms with Crippen molar-refractivity contribution in [3.63, 3.8) is 0 Å². The van der Waals surface area contributed by atoms with Crippen LogP contribution in [0.2, 0.25) is 0 Å². The van der Waals surface area contributed by atoms with E-state index >= 15 is 0 Å². The molecule has 0 unspecified atom stereocenters. The molecule has 1 saturated heterocycles. The number of nitrogens with zero attached hydrogens (tertiary/aromatic N) is 3. The van der Waals surface area contributed by atoms with Gasteiger partial charge in [0.2, 0.25) is 0 Å². The highest BCUT2D eigenvalue weighted by Gasteiger charge is 2.26. The zero-order valence-corrected chi connectivity index (χ0v) is 16.5. The summed E-state index contributed by atoms with van der Waals surface area (Å²) in [6.45, 7) is 5.62. The SMILES string of the molecule is Cc1ccccc1N(C)C(=O)c1c(C)nn2c(C3CCNCC3)cc(=O)[nH]c12. The topological polar surface area (TPSA) is 82.5 Å². The number of para-hydroxylation sites is 1. The molecule has 7 heteroatoms. The number of nitrogens with one attached hydrogen (secondary N) is 2. The van der Waals surface area contributed by atoms with Crippen molar-refractivity contribution >= 4 is 17.2 Å². The Morgan fingerprint density at radius 1 is 1.21 bits per heavy atom. The number of aryl methyl sites for hydroxylation is 2. The van der Waals surface area contributed by atoms with Crippen LogP contribution in [0, 0.1) is 13.8 Å². The van der Waals surface area contributed by atoms with Crippen molar-refractivity contribution in [2.75, 3.05) is 25.0 Å². The lowest BCUT2D eigenvalue weighted by molar-refractivity contribution is 0.0993. The molecule has 0 spiro atoms. The summed E-state index contributed by atoms with van der Waals surface area (Å²) in [6, 6.07) is 9.36.